The Balaban J connectivity index is 2.39. The average Bonchev–Trinajstić information content (AvgIpc) is 2.26. The van der Waals surface area contributed by atoms with E-state index in [-0.39, 0.29) is 17.8 Å². The molecule has 88 valence electrons. The van der Waals surface area contributed by atoms with Gasteiger partial charge in [0, 0.05) is 6.42 Å². The molecule has 0 amide bonds. The lowest BCUT2D eigenvalue weighted by atomic mass is 10.2. The molecule has 0 aromatic heterocycles. The van der Waals surface area contributed by atoms with Crippen LogP contribution in [0.1, 0.15) is 18.9 Å². The quantitative estimate of drug-likeness (QED) is 0.720. The number of ether oxygens (including phenoxy) is 2. The van der Waals surface area contributed by atoms with Crippen molar-refractivity contribution in [2.24, 2.45) is 0 Å². The fourth-order valence-corrected chi connectivity index (χ4v) is 1.46. The van der Waals surface area contributed by atoms with Gasteiger partial charge >= 0.3 is 0 Å². The highest BCUT2D eigenvalue weighted by atomic mass is 35.5. The van der Waals surface area contributed by atoms with E-state index in [1.54, 1.807) is 7.11 Å². The number of methoxy groups -OCH3 is 1. The molecule has 0 bridgehead atoms. The molecule has 0 N–H and O–H groups in total. The van der Waals surface area contributed by atoms with Crippen LogP contribution in [0.4, 0.5) is 0 Å². The van der Waals surface area contributed by atoms with Gasteiger partial charge in [0.25, 0.3) is 0 Å². The van der Waals surface area contributed by atoms with Crippen molar-refractivity contribution in [3.8, 4) is 5.75 Å². The zero-order valence-electron chi connectivity index (χ0n) is 9.40. The Morgan fingerprint density at radius 3 is 2.50 bits per heavy atom. The standard InChI is InChI=1S/C12H15ClO3/c1-9(7-12(13)14)16-8-10-3-5-11(15-2)6-4-10/h3-6,9H,7-8H2,1-2H3/t9-/m0/s1. The van der Waals surface area contributed by atoms with E-state index >= 15 is 0 Å². The van der Waals surface area contributed by atoms with Crippen LogP contribution in [-0.4, -0.2) is 18.5 Å². The van der Waals surface area contributed by atoms with E-state index in [1.165, 1.54) is 0 Å². The summed E-state index contributed by atoms with van der Waals surface area (Å²) in [5.41, 5.74) is 1.04. The second kappa shape index (κ2) is 6.51. The van der Waals surface area contributed by atoms with Gasteiger partial charge in [0.2, 0.25) is 5.24 Å². The molecular weight excluding hydrogens is 228 g/mol. The maximum Gasteiger partial charge on any atom is 0.224 e. The van der Waals surface area contributed by atoms with Crippen LogP contribution < -0.4 is 4.74 Å². The van der Waals surface area contributed by atoms with E-state index in [0.29, 0.717) is 6.61 Å². The second-order valence-corrected chi connectivity index (χ2v) is 3.95. The molecule has 0 heterocycles. The maximum atomic E-state index is 10.6. The second-order valence-electron chi connectivity index (χ2n) is 3.53. The number of hydrogen-bond donors (Lipinski definition) is 0. The summed E-state index contributed by atoms with van der Waals surface area (Å²) in [6.07, 6.45) is 0.0737. The normalized spacial score (nSPS) is 12.2. The molecule has 0 aliphatic carbocycles. The highest BCUT2D eigenvalue weighted by molar-refractivity contribution is 6.63. The topological polar surface area (TPSA) is 35.5 Å². The smallest absolute Gasteiger partial charge is 0.224 e. The highest BCUT2D eigenvalue weighted by Gasteiger charge is 2.07. The van der Waals surface area contributed by atoms with E-state index in [0.717, 1.165) is 11.3 Å². The van der Waals surface area contributed by atoms with E-state index < -0.39 is 0 Å². The highest BCUT2D eigenvalue weighted by Crippen LogP contribution is 2.13. The van der Waals surface area contributed by atoms with E-state index in [9.17, 15) is 4.79 Å². The van der Waals surface area contributed by atoms with Crippen LogP contribution in [0.25, 0.3) is 0 Å². The summed E-state index contributed by atoms with van der Waals surface area (Å²) < 4.78 is 10.5. The van der Waals surface area contributed by atoms with Crippen molar-refractivity contribution in [2.75, 3.05) is 7.11 Å². The molecule has 4 heteroatoms. The van der Waals surface area contributed by atoms with E-state index in [4.69, 9.17) is 21.1 Å². The summed E-state index contributed by atoms with van der Waals surface area (Å²) in [6.45, 7) is 2.29. The van der Waals surface area contributed by atoms with Crippen molar-refractivity contribution in [1.82, 2.24) is 0 Å². The maximum absolute atomic E-state index is 10.6. The molecule has 0 aliphatic rings. The predicted molar refractivity (Wildman–Crippen MR) is 62.7 cm³/mol. The van der Waals surface area contributed by atoms with Crippen molar-refractivity contribution < 1.29 is 14.3 Å². The van der Waals surface area contributed by atoms with Gasteiger partial charge in [-0.3, -0.25) is 4.79 Å². The summed E-state index contributed by atoms with van der Waals surface area (Å²) in [4.78, 5) is 10.6. The van der Waals surface area contributed by atoms with Crippen LogP contribution in [0.3, 0.4) is 0 Å². The molecule has 0 saturated heterocycles. The number of hydrogen-bond acceptors (Lipinski definition) is 3. The number of halogens is 1. The minimum absolute atomic E-state index is 0.160. The summed E-state index contributed by atoms with van der Waals surface area (Å²) in [7, 11) is 1.62. The van der Waals surface area contributed by atoms with Crippen LogP contribution >= 0.6 is 11.6 Å². The third kappa shape index (κ3) is 4.64. The Morgan fingerprint density at radius 1 is 1.38 bits per heavy atom. The minimum Gasteiger partial charge on any atom is -0.497 e. The molecule has 0 unspecified atom stereocenters. The Kier molecular flexibility index (Phi) is 5.29. The zero-order valence-corrected chi connectivity index (χ0v) is 10.2. The van der Waals surface area contributed by atoms with E-state index in [1.807, 2.05) is 31.2 Å². The van der Waals surface area contributed by atoms with Crippen LogP contribution in [0.2, 0.25) is 0 Å². The van der Waals surface area contributed by atoms with Crippen molar-refractivity contribution >= 4 is 16.8 Å². The largest absolute Gasteiger partial charge is 0.497 e. The Hall–Kier alpha value is -1.06. The summed E-state index contributed by atoms with van der Waals surface area (Å²) in [5.74, 6) is 0.813. The molecule has 0 radical (unpaired) electrons. The average molecular weight is 243 g/mol. The Morgan fingerprint density at radius 2 is 2.00 bits per heavy atom. The van der Waals surface area contributed by atoms with Gasteiger partial charge in [-0.05, 0) is 36.2 Å². The third-order valence-corrected chi connectivity index (χ3v) is 2.30. The molecule has 16 heavy (non-hydrogen) atoms. The van der Waals surface area contributed by atoms with Crippen LogP contribution in [0.15, 0.2) is 24.3 Å². The first kappa shape index (κ1) is 13.0. The van der Waals surface area contributed by atoms with E-state index in [2.05, 4.69) is 0 Å². The fraction of sp³-hybridized carbons (Fsp3) is 0.417. The van der Waals surface area contributed by atoms with Crippen molar-refractivity contribution in [3.63, 3.8) is 0 Å². The lowest BCUT2D eigenvalue weighted by Crippen LogP contribution is -2.11. The molecule has 0 aliphatic heterocycles. The molecule has 0 fully saturated rings. The van der Waals surface area contributed by atoms with Gasteiger partial charge in [0.05, 0.1) is 19.8 Å². The molecule has 0 spiro atoms. The van der Waals surface area contributed by atoms with Crippen LogP contribution in [0.5, 0.6) is 5.75 Å². The van der Waals surface area contributed by atoms with Crippen molar-refractivity contribution in [3.05, 3.63) is 29.8 Å². The molecule has 0 saturated carbocycles. The first-order valence-corrected chi connectivity index (χ1v) is 5.42. The van der Waals surface area contributed by atoms with Crippen molar-refractivity contribution in [1.29, 1.82) is 0 Å². The SMILES string of the molecule is COc1ccc(CO[C@@H](C)CC(=O)Cl)cc1. The molecule has 1 aromatic rings. The monoisotopic (exact) mass is 242 g/mol. The first-order valence-electron chi connectivity index (χ1n) is 5.04. The third-order valence-electron chi connectivity index (χ3n) is 2.14. The van der Waals surface area contributed by atoms with Gasteiger partial charge in [-0.25, -0.2) is 0 Å². The molecule has 3 nitrogen and oxygen atoms in total. The molecule has 1 rings (SSSR count). The van der Waals surface area contributed by atoms with Crippen LogP contribution in [0, 0.1) is 0 Å². The Bertz CT molecular complexity index is 335. The van der Waals surface area contributed by atoms with Crippen LogP contribution in [-0.2, 0) is 16.1 Å². The van der Waals surface area contributed by atoms with Gasteiger partial charge in [0.15, 0.2) is 0 Å². The number of carbonyl (C=O) groups is 1. The van der Waals surface area contributed by atoms with Gasteiger partial charge in [-0.2, -0.15) is 0 Å². The number of benzene rings is 1. The number of carbonyl (C=O) groups excluding carboxylic acids is 1. The Labute approximate surface area is 100 Å². The fourth-order valence-electron chi connectivity index (χ4n) is 1.25. The first-order chi connectivity index (χ1) is 7.61. The van der Waals surface area contributed by atoms with Gasteiger partial charge in [0.1, 0.15) is 5.75 Å². The molecule has 1 atom stereocenters. The zero-order chi connectivity index (χ0) is 12.0. The summed E-state index contributed by atoms with van der Waals surface area (Å²) in [6, 6.07) is 7.59. The lowest BCUT2D eigenvalue weighted by molar-refractivity contribution is -0.114. The van der Waals surface area contributed by atoms with Gasteiger partial charge in [-0.15, -0.1) is 0 Å². The summed E-state index contributed by atoms with van der Waals surface area (Å²) in [5, 5.41) is -0.373. The molecular formula is C12H15ClO3. The van der Waals surface area contributed by atoms with Crippen molar-refractivity contribution in [2.45, 2.75) is 26.1 Å². The summed E-state index contributed by atoms with van der Waals surface area (Å²) >= 11 is 5.26. The van der Waals surface area contributed by atoms with Gasteiger partial charge < -0.3 is 9.47 Å². The minimum atomic E-state index is -0.373. The predicted octanol–water partition coefficient (Wildman–Crippen LogP) is 2.76. The van der Waals surface area contributed by atoms with Gasteiger partial charge in [-0.1, -0.05) is 12.1 Å². The molecule has 1 aromatic carbocycles. The lowest BCUT2D eigenvalue weighted by Gasteiger charge is -2.10. The number of rotatable bonds is 6.